The van der Waals surface area contributed by atoms with Gasteiger partial charge in [-0.05, 0) is 47.7 Å². The second kappa shape index (κ2) is 6.69. The van der Waals surface area contributed by atoms with Gasteiger partial charge in [0, 0.05) is 5.39 Å². The number of fused-ring (bicyclic) bond motifs is 2. The van der Waals surface area contributed by atoms with Crippen LogP contribution in [0, 0.1) is 0 Å². The van der Waals surface area contributed by atoms with Crippen LogP contribution in [0.2, 0.25) is 0 Å². The van der Waals surface area contributed by atoms with Gasteiger partial charge in [-0.3, -0.25) is 0 Å². The summed E-state index contributed by atoms with van der Waals surface area (Å²) in [7, 11) is 0. The lowest BCUT2D eigenvalue weighted by molar-refractivity contribution is 0.276. The van der Waals surface area contributed by atoms with E-state index in [1.54, 1.807) is 0 Å². The highest BCUT2D eigenvalue weighted by atomic mass is 16.5. The van der Waals surface area contributed by atoms with Gasteiger partial charge in [-0.2, -0.15) is 0 Å². The lowest BCUT2D eigenvalue weighted by Gasteiger charge is -2.15. The van der Waals surface area contributed by atoms with Gasteiger partial charge in [-0.1, -0.05) is 43.7 Å². The summed E-state index contributed by atoms with van der Waals surface area (Å²) in [5, 5.41) is 4.79. The Hall–Kier alpha value is -2.22. The van der Waals surface area contributed by atoms with E-state index in [0.29, 0.717) is 6.61 Å². The molecule has 0 N–H and O–H groups in total. The summed E-state index contributed by atoms with van der Waals surface area (Å²) >= 11 is 0. The summed E-state index contributed by atoms with van der Waals surface area (Å²) < 4.78 is 11.8. The van der Waals surface area contributed by atoms with E-state index in [-0.39, 0.29) is 0 Å². The first-order valence-corrected chi connectivity index (χ1v) is 8.04. The molecule has 0 bridgehead atoms. The average Bonchev–Trinajstić information content (AvgIpc) is 2.55. The summed E-state index contributed by atoms with van der Waals surface area (Å²) in [5.74, 6) is 1.71. The normalized spacial score (nSPS) is 11.0. The second-order valence-electron chi connectivity index (χ2n) is 5.45. The SMILES string of the molecule is CCCCOc1c(OCC)ccc2cc3ccccc3cc12. The maximum atomic E-state index is 6.07. The molecule has 0 aliphatic carbocycles. The summed E-state index contributed by atoms with van der Waals surface area (Å²) in [6, 6.07) is 17.0. The molecule has 0 amide bonds. The van der Waals surface area contributed by atoms with Crippen LogP contribution in [0.25, 0.3) is 21.5 Å². The molecule has 0 unspecified atom stereocenters. The monoisotopic (exact) mass is 294 g/mol. The molecule has 22 heavy (non-hydrogen) atoms. The fraction of sp³-hybridized carbons (Fsp3) is 0.300. The molecule has 0 radical (unpaired) electrons. The van der Waals surface area contributed by atoms with Gasteiger partial charge in [-0.25, -0.2) is 0 Å². The zero-order valence-corrected chi connectivity index (χ0v) is 13.3. The average molecular weight is 294 g/mol. The zero-order valence-electron chi connectivity index (χ0n) is 13.3. The Morgan fingerprint density at radius 2 is 1.59 bits per heavy atom. The fourth-order valence-corrected chi connectivity index (χ4v) is 2.70. The molecule has 0 saturated carbocycles. The number of hydrogen-bond donors (Lipinski definition) is 0. The molecule has 2 heteroatoms. The molecule has 0 saturated heterocycles. The molecule has 0 atom stereocenters. The van der Waals surface area contributed by atoms with Crippen molar-refractivity contribution in [2.45, 2.75) is 26.7 Å². The lowest BCUT2D eigenvalue weighted by atomic mass is 10.0. The van der Waals surface area contributed by atoms with Crippen LogP contribution < -0.4 is 9.47 Å². The van der Waals surface area contributed by atoms with Crippen LogP contribution in [0.1, 0.15) is 26.7 Å². The van der Waals surface area contributed by atoms with Gasteiger partial charge < -0.3 is 9.47 Å². The maximum Gasteiger partial charge on any atom is 0.168 e. The maximum absolute atomic E-state index is 6.07. The highest BCUT2D eigenvalue weighted by Gasteiger charge is 2.11. The standard InChI is InChI=1S/C20H22O2/c1-3-5-12-22-20-18-14-16-9-7-6-8-15(16)13-17(18)10-11-19(20)21-4-2/h6-11,13-14H,3-5,12H2,1-2H3. The van der Waals surface area contributed by atoms with Crippen molar-refractivity contribution in [2.24, 2.45) is 0 Å². The largest absolute Gasteiger partial charge is 0.490 e. The first-order chi connectivity index (χ1) is 10.8. The Morgan fingerprint density at radius 3 is 2.32 bits per heavy atom. The molecule has 0 aromatic heterocycles. The third-order valence-corrected chi connectivity index (χ3v) is 3.84. The minimum atomic E-state index is 0.642. The molecule has 3 rings (SSSR count). The Morgan fingerprint density at radius 1 is 0.818 bits per heavy atom. The van der Waals surface area contributed by atoms with E-state index in [1.807, 2.05) is 13.0 Å². The zero-order chi connectivity index (χ0) is 15.4. The van der Waals surface area contributed by atoms with E-state index in [0.717, 1.165) is 36.3 Å². The molecule has 0 aliphatic heterocycles. The van der Waals surface area contributed by atoms with E-state index in [9.17, 15) is 0 Å². The van der Waals surface area contributed by atoms with Crippen LogP contribution in [0.4, 0.5) is 0 Å². The van der Waals surface area contributed by atoms with Gasteiger partial charge >= 0.3 is 0 Å². The van der Waals surface area contributed by atoms with Crippen LogP contribution in [0.3, 0.4) is 0 Å². The van der Waals surface area contributed by atoms with Crippen LogP contribution in [-0.2, 0) is 0 Å². The second-order valence-corrected chi connectivity index (χ2v) is 5.45. The topological polar surface area (TPSA) is 18.5 Å². The van der Waals surface area contributed by atoms with Crippen LogP contribution in [0.5, 0.6) is 11.5 Å². The molecule has 3 aromatic rings. The molecule has 0 heterocycles. The minimum absolute atomic E-state index is 0.642. The number of benzene rings is 3. The Bertz CT molecular complexity index is 777. The molecule has 3 aromatic carbocycles. The predicted molar refractivity (Wildman–Crippen MR) is 93.0 cm³/mol. The molecular formula is C20H22O2. The van der Waals surface area contributed by atoms with Gasteiger partial charge in [0.1, 0.15) is 0 Å². The Labute approximate surface area is 131 Å². The smallest absolute Gasteiger partial charge is 0.168 e. The summed E-state index contributed by atoms with van der Waals surface area (Å²) in [4.78, 5) is 0. The van der Waals surface area contributed by atoms with Gasteiger partial charge in [0.15, 0.2) is 11.5 Å². The van der Waals surface area contributed by atoms with Gasteiger partial charge in [-0.15, -0.1) is 0 Å². The van der Waals surface area contributed by atoms with Crippen molar-refractivity contribution < 1.29 is 9.47 Å². The van der Waals surface area contributed by atoms with Crippen LogP contribution in [0.15, 0.2) is 48.5 Å². The molecule has 0 fully saturated rings. The predicted octanol–water partition coefficient (Wildman–Crippen LogP) is 5.57. The van der Waals surface area contributed by atoms with E-state index in [4.69, 9.17) is 9.47 Å². The third kappa shape index (κ3) is 2.87. The van der Waals surface area contributed by atoms with Gasteiger partial charge in [0.05, 0.1) is 13.2 Å². The minimum Gasteiger partial charge on any atom is -0.490 e. The highest BCUT2D eigenvalue weighted by Crippen LogP contribution is 2.38. The Balaban J connectivity index is 2.15. The van der Waals surface area contributed by atoms with E-state index in [2.05, 4.69) is 49.4 Å². The van der Waals surface area contributed by atoms with Crippen molar-refractivity contribution in [1.29, 1.82) is 0 Å². The fourth-order valence-electron chi connectivity index (χ4n) is 2.70. The van der Waals surface area contributed by atoms with Crippen molar-refractivity contribution in [1.82, 2.24) is 0 Å². The van der Waals surface area contributed by atoms with Gasteiger partial charge in [0.25, 0.3) is 0 Å². The Kier molecular flexibility index (Phi) is 4.47. The van der Waals surface area contributed by atoms with E-state index >= 15 is 0 Å². The lowest BCUT2D eigenvalue weighted by Crippen LogP contribution is -2.01. The molecule has 0 spiro atoms. The number of hydrogen-bond acceptors (Lipinski definition) is 2. The van der Waals surface area contributed by atoms with Crippen molar-refractivity contribution >= 4 is 21.5 Å². The summed E-state index contributed by atoms with van der Waals surface area (Å²) in [6.45, 7) is 5.54. The highest BCUT2D eigenvalue weighted by molar-refractivity contribution is 6.01. The van der Waals surface area contributed by atoms with Gasteiger partial charge in [0.2, 0.25) is 0 Å². The summed E-state index contributed by atoms with van der Waals surface area (Å²) in [5.41, 5.74) is 0. The van der Waals surface area contributed by atoms with Crippen molar-refractivity contribution in [3.05, 3.63) is 48.5 Å². The number of unbranched alkanes of at least 4 members (excludes halogenated alkanes) is 1. The third-order valence-electron chi connectivity index (χ3n) is 3.84. The molecule has 114 valence electrons. The first kappa shape index (κ1) is 14.7. The van der Waals surface area contributed by atoms with E-state index in [1.165, 1.54) is 16.2 Å². The summed E-state index contributed by atoms with van der Waals surface area (Å²) in [6.07, 6.45) is 2.17. The van der Waals surface area contributed by atoms with Crippen molar-refractivity contribution in [3.63, 3.8) is 0 Å². The first-order valence-electron chi connectivity index (χ1n) is 8.04. The van der Waals surface area contributed by atoms with Crippen LogP contribution in [-0.4, -0.2) is 13.2 Å². The molecular weight excluding hydrogens is 272 g/mol. The molecule has 2 nitrogen and oxygen atoms in total. The molecule has 0 aliphatic rings. The number of ether oxygens (including phenoxy) is 2. The van der Waals surface area contributed by atoms with E-state index < -0.39 is 0 Å². The van der Waals surface area contributed by atoms with Crippen molar-refractivity contribution in [2.75, 3.05) is 13.2 Å². The number of rotatable bonds is 6. The quantitative estimate of drug-likeness (QED) is 0.437. The van der Waals surface area contributed by atoms with Crippen LogP contribution >= 0.6 is 0 Å². The van der Waals surface area contributed by atoms with Crippen molar-refractivity contribution in [3.8, 4) is 11.5 Å².